The Morgan fingerprint density at radius 1 is 1.29 bits per heavy atom. The first-order valence-electron chi connectivity index (χ1n) is 8.64. The number of nitrogens with zero attached hydrogens (tertiary/aromatic N) is 5. The molecule has 0 bridgehead atoms. The molecule has 0 radical (unpaired) electrons. The van der Waals surface area contributed by atoms with E-state index in [9.17, 15) is 14.4 Å². The molecule has 0 spiro atoms. The Balaban J connectivity index is 1.92. The lowest BCUT2D eigenvalue weighted by Crippen LogP contribution is -2.41. The van der Waals surface area contributed by atoms with Crippen LogP contribution in [0.15, 0.2) is 27.8 Å². The smallest absolute Gasteiger partial charge is 0.333 e. The number of carbonyl (C=O) groups excluding carboxylic acids is 1. The average Bonchev–Trinajstić information content (AvgIpc) is 3.24. The summed E-state index contributed by atoms with van der Waals surface area (Å²) in [5.41, 5.74) is 1.18. The van der Waals surface area contributed by atoms with E-state index < -0.39 is 23.8 Å². The quantitative estimate of drug-likeness (QED) is 0.610. The highest BCUT2D eigenvalue weighted by Crippen LogP contribution is 2.33. The lowest BCUT2D eigenvalue weighted by atomic mass is 10.2. The molecule has 0 amide bonds. The Bertz CT molecular complexity index is 1240. The van der Waals surface area contributed by atoms with E-state index in [0.29, 0.717) is 24.1 Å². The van der Waals surface area contributed by atoms with Gasteiger partial charge in [0, 0.05) is 30.8 Å². The minimum absolute atomic E-state index is 0.272. The second kappa shape index (κ2) is 6.52. The van der Waals surface area contributed by atoms with Gasteiger partial charge in [0.2, 0.25) is 5.95 Å². The van der Waals surface area contributed by atoms with Gasteiger partial charge in [-0.3, -0.25) is 14.2 Å². The molecule has 9 nitrogen and oxygen atoms in total. The Kier molecular flexibility index (Phi) is 4.26. The molecule has 0 aliphatic carbocycles. The molecule has 146 valence electrons. The Morgan fingerprint density at radius 2 is 2.04 bits per heavy atom. The number of aryl methyl sites for hydroxylation is 2. The van der Waals surface area contributed by atoms with Crippen LogP contribution in [-0.2, 0) is 29.7 Å². The predicted molar refractivity (Wildman–Crippen MR) is 104 cm³/mol. The number of hydrogen-bond acceptors (Lipinski definition) is 6. The number of rotatable bonds is 3. The van der Waals surface area contributed by atoms with Crippen LogP contribution in [0.3, 0.4) is 0 Å². The highest BCUT2D eigenvalue weighted by Gasteiger charge is 2.29. The van der Waals surface area contributed by atoms with Gasteiger partial charge in [0.1, 0.15) is 6.54 Å². The fourth-order valence-electron chi connectivity index (χ4n) is 3.41. The van der Waals surface area contributed by atoms with Crippen molar-refractivity contribution in [2.24, 2.45) is 7.05 Å². The molecule has 1 aromatic carbocycles. The van der Waals surface area contributed by atoms with Crippen LogP contribution >= 0.6 is 11.6 Å². The Hall–Kier alpha value is -3.07. The normalized spacial score (nSPS) is 13.2. The van der Waals surface area contributed by atoms with Gasteiger partial charge >= 0.3 is 11.7 Å². The number of imidazole rings is 1. The van der Waals surface area contributed by atoms with E-state index in [1.54, 1.807) is 4.57 Å². The van der Waals surface area contributed by atoms with Crippen LogP contribution in [0.4, 0.5) is 11.6 Å². The minimum atomic E-state index is -0.671. The van der Waals surface area contributed by atoms with Crippen molar-refractivity contribution in [2.75, 3.05) is 18.6 Å². The molecule has 28 heavy (non-hydrogen) atoms. The molecule has 3 aromatic rings. The monoisotopic (exact) mass is 403 g/mol. The highest BCUT2D eigenvalue weighted by atomic mass is 35.5. The van der Waals surface area contributed by atoms with Crippen LogP contribution < -0.4 is 16.1 Å². The molecule has 1 aliphatic rings. The van der Waals surface area contributed by atoms with Gasteiger partial charge in [0.05, 0.1) is 7.11 Å². The van der Waals surface area contributed by atoms with Crippen molar-refractivity contribution in [3.8, 4) is 0 Å². The lowest BCUT2D eigenvalue weighted by molar-refractivity contribution is -0.141. The van der Waals surface area contributed by atoms with Crippen molar-refractivity contribution in [3.05, 3.63) is 49.6 Å². The molecule has 10 heteroatoms. The third kappa shape index (κ3) is 2.62. The molecule has 1 aliphatic heterocycles. The second-order valence-corrected chi connectivity index (χ2v) is 7.04. The SMILES string of the molecule is COC(=O)Cn1c(=O)c2c(nc3n2CCN3c2ccc(C)c(Cl)c2)n(C)c1=O. The maximum Gasteiger partial charge on any atom is 0.333 e. The third-order valence-electron chi connectivity index (χ3n) is 4.98. The second-order valence-electron chi connectivity index (χ2n) is 6.63. The Morgan fingerprint density at radius 3 is 2.71 bits per heavy atom. The maximum absolute atomic E-state index is 13.0. The fourth-order valence-corrected chi connectivity index (χ4v) is 3.58. The molecular formula is C18H18ClN5O4. The summed E-state index contributed by atoms with van der Waals surface area (Å²) in [6, 6.07) is 5.70. The van der Waals surface area contributed by atoms with Crippen molar-refractivity contribution < 1.29 is 9.53 Å². The fraction of sp³-hybridized carbons (Fsp3) is 0.333. The molecule has 0 saturated heterocycles. The summed E-state index contributed by atoms with van der Waals surface area (Å²) in [7, 11) is 2.73. The van der Waals surface area contributed by atoms with E-state index in [1.807, 2.05) is 30.0 Å². The summed E-state index contributed by atoms with van der Waals surface area (Å²) < 4.78 is 8.50. The number of ether oxygens (including phenoxy) is 1. The number of aromatic nitrogens is 4. The largest absolute Gasteiger partial charge is 0.468 e. The van der Waals surface area contributed by atoms with Gasteiger partial charge in [0.15, 0.2) is 11.2 Å². The van der Waals surface area contributed by atoms with Crippen molar-refractivity contribution in [2.45, 2.75) is 20.0 Å². The lowest BCUT2D eigenvalue weighted by Gasteiger charge is -2.16. The van der Waals surface area contributed by atoms with Crippen molar-refractivity contribution in [1.29, 1.82) is 0 Å². The van der Waals surface area contributed by atoms with Crippen molar-refractivity contribution in [1.82, 2.24) is 18.7 Å². The highest BCUT2D eigenvalue weighted by molar-refractivity contribution is 6.31. The van der Waals surface area contributed by atoms with Gasteiger partial charge in [-0.05, 0) is 24.6 Å². The van der Waals surface area contributed by atoms with Crippen LogP contribution in [0.1, 0.15) is 5.56 Å². The summed E-state index contributed by atoms with van der Waals surface area (Å²) >= 11 is 6.26. The number of methoxy groups -OCH3 is 1. The topological polar surface area (TPSA) is 91.4 Å². The van der Waals surface area contributed by atoms with E-state index >= 15 is 0 Å². The number of benzene rings is 1. The number of fused-ring (bicyclic) bond motifs is 3. The predicted octanol–water partition coefficient (Wildman–Crippen LogP) is 1.18. The van der Waals surface area contributed by atoms with Gasteiger partial charge in [-0.25, -0.2) is 9.36 Å². The number of anilines is 2. The molecular weight excluding hydrogens is 386 g/mol. The average molecular weight is 404 g/mol. The standard InChI is InChI=1S/C18H18ClN5O4/c1-10-4-5-11(8-12(10)19)22-6-7-23-14-15(20-17(22)23)21(2)18(27)24(16(14)26)9-13(25)28-3/h4-5,8H,6-7,9H2,1-3H3. The van der Waals surface area contributed by atoms with Crippen molar-refractivity contribution >= 4 is 40.4 Å². The third-order valence-corrected chi connectivity index (χ3v) is 5.39. The summed E-state index contributed by atoms with van der Waals surface area (Å²) in [5.74, 6) is -0.117. The summed E-state index contributed by atoms with van der Waals surface area (Å²) in [5, 5.41) is 0.639. The first-order chi connectivity index (χ1) is 13.3. The molecule has 0 saturated carbocycles. The van der Waals surface area contributed by atoms with Gasteiger partial charge in [-0.2, -0.15) is 4.98 Å². The van der Waals surface area contributed by atoms with Crippen LogP contribution in [0, 0.1) is 6.92 Å². The maximum atomic E-state index is 13.0. The summed E-state index contributed by atoms with van der Waals surface area (Å²) in [6.45, 7) is 2.60. The summed E-state index contributed by atoms with van der Waals surface area (Å²) in [6.07, 6.45) is 0. The number of carbonyl (C=O) groups is 1. The van der Waals surface area contributed by atoms with E-state index in [1.165, 1.54) is 18.7 Å². The number of hydrogen-bond donors (Lipinski definition) is 0. The first kappa shape index (κ1) is 18.3. The minimum Gasteiger partial charge on any atom is -0.468 e. The van der Waals surface area contributed by atoms with Gasteiger partial charge in [-0.1, -0.05) is 17.7 Å². The van der Waals surface area contributed by atoms with E-state index in [0.717, 1.165) is 15.8 Å². The molecule has 4 rings (SSSR count). The van der Waals surface area contributed by atoms with E-state index in [2.05, 4.69) is 9.72 Å². The van der Waals surface area contributed by atoms with Crippen LogP contribution in [0.2, 0.25) is 5.02 Å². The number of esters is 1. The van der Waals surface area contributed by atoms with Crippen LogP contribution in [0.5, 0.6) is 0 Å². The molecule has 2 aromatic heterocycles. The molecule has 0 fully saturated rings. The first-order valence-corrected chi connectivity index (χ1v) is 9.02. The molecule has 3 heterocycles. The van der Waals surface area contributed by atoms with Crippen LogP contribution in [0.25, 0.3) is 11.2 Å². The summed E-state index contributed by atoms with van der Waals surface area (Å²) in [4.78, 5) is 43.6. The molecule has 0 atom stereocenters. The number of halogens is 1. The van der Waals surface area contributed by atoms with Crippen molar-refractivity contribution in [3.63, 3.8) is 0 Å². The zero-order valence-electron chi connectivity index (χ0n) is 15.6. The van der Waals surface area contributed by atoms with Gasteiger partial charge in [0.25, 0.3) is 5.56 Å². The molecule has 0 unspecified atom stereocenters. The van der Waals surface area contributed by atoms with Crippen LogP contribution in [-0.4, -0.2) is 38.3 Å². The zero-order valence-corrected chi connectivity index (χ0v) is 16.4. The Labute approximate surface area is 164 Å². The van der Waals surface area contributed by atoms with Gasteiger partial charge < -0.3 is 14.2 Å². The van der Waals surface area contributed by atoms with E-state index in [-0.39, 0.29) is 11.2 Å². The van der Waals surface area contributed by atoms with E-state index in [4.69, 9.17) is 11.6 Å². The zero-order chi connectivity index (χ0) is 20.2. The molecule has 0 N–H and O–H groups in total. The van der Waals surface area contributed by atoms with Gasteiger partial charge in [-0.15, -0.1) is 0 Å².